The molecule has 1 atom stereocenters. The molecule has 8 nitrogen and oxygen atoms in total. The van der Waals surface area contributed by atoms with Gasteiger partial charge < -0.3 is 15.1 Å². The lowest BCUT2D eigenvalue weighted by atomic mass is 9.90. The van der Waals surface area contributed by atoms with E-state index in [0.29, 0.717) is 31.5 Å². The predicted octanol–water partition coefficient (Wildman–Crippen LogP) is 3.25. The number of imide groups is 1. The molecule has 5 amide bonds. The van der Waals surface area contributed by atoms with Crippen molar-refractivity contribution in [2.75, 3.05) is 32.7 Å². The molecule has 2 aromatic carbocycles. The summed E-state index contributed by atoms with van der Waals surface area (Å²) in [5, 5.41) is 4.82. The monoisotopic (exact) mass is 490 g/mol. The van der Waals surface area contributed by atoms with Gasteiger partial charge in [0.2, 0.25) is 11.8 Å². The van der Waals surface area contributed by atoms with Gasteiger partial charge in [-0.15, -0.1) is 0 Å². The molecular formula is C28H34N4O4. The zero-order valence-electron chi connectivity index (χ0n) is 20.9. The van der Waals surface area contributed by atoms with E-state index < -0.39 is 17.5 Å². The molecule has 5 rings (SSSR count). The molecule has 1 unspecified atom stereocenters. The van der Waals surface area contributed by atoms with Crippen LogP contribution in [0.4, 0.5) is 4.79 Å². The zero-order valence-corrected chi connectivity index (χ0v) is 20.9. The molecule has 190 valence electrons. The second-order valence-corrected chi connectivity index (χ2v) is 10.4. The summed E-state index contributed by atoms with van der Waals surface area (Å²) in [7, 11) is 0. The van der Waals surface area contributed by atoms with Gasteiger partial charge in [-0.2, -0.15) is 0 Å². The number of likely N-dealkylation sites (tertiary alicyclic amines) is 2. The second-order valence-electron chi connectivity index (χ2n) is 10.4. The van der Waals surface area contributed by atoms with Crippen molar-refractivity contribution >= 4 is 34.5 Å². The summed E-state index contributed by atoms with van der Waals surface area (Å²) in [4.78, 5) is 56.8. The molecule has 36 heavy (non-hydrogen) atoms. The third-order valence-corrected chi connectivity index (χ3v) is 8.01. The summed E-state index contributed by atoms with van der Waals surface area (Å²) in [5.41, 5.74) is -0.545. The maximum atomic E-state index is 13.4. The van der Waals surface area contributed by atoms with Gasteiger partial charge in [-0.3, -0.25) is 19.3 Å². The first kappa shape index (κ1) is 24.3. The van der Waals surface area contributed by atoms with E-state index in [1.54, 1.807) is 11.8 Å². The highest BCUT2D eigenvalue weighted by Crippen LogP contribution is 2.31. The number of fused-ring (bicyclic) bond motifs is 1. The molecule has 0 saturated carbocycles. The number of piperidine rings is 1. The maximum absolute atomic E-state index is 13.4. The van der Waals surface area contributed by atoms with Gasteiger partial charge in [-0.25, -0.2) is 4.79 Å². The minimum atomic E-state index is -1.23. The predicted molar refractivity (Wildman–Crippen MR) is 136 cm³/mol. The second kappa shape index (κ2) is 9.91. The maximum Gasteiger partial charge on any atom is 0.325 e. The van der Waals surface area contributed by atoms with Crippen LogP contribution in [0.15, 0.2) is 42.5 Å². The van der Waals surface area contributed by atoms with Crippen LogP contribution in [0.3, 0.4) is 0 Å². The van der Waals surface area contributed by atoms with Gasteiger partial charge in [0, 0.05) is 32.1 Å². The molecule has 3 aliphatic heterocycles. The summed E-state index contributed by atoms with van der Waals surface area (Å²) >= 11 is 0. The lowest BCUT2D eigenvalue weighted by Crippen LogP contribution is -2.48. The first-order valence-corrected chi connectivity index (χ1v) is 13.1. The number of carbonyl (C=O) groups is 4. The molecule has 0 radical (unpaired) electrons. The summed E-state index contributed by atoms with van der Waals surface area (Å²) in [6, 6.07) is 13.0. The molecule has 0 aromatic heterocycles. The zero-order chi connectivity index (χ0) is 25.3. The van der Waals surface area contributed by atoms with Gasteiger partial charge >= 0.3 is 6.03 Å². The Kier molecular flexibility index (Phi) is 6.69. The fourth-order valence-electron chi connectivity index (χ4n) is 5.70. The minimum Gasteiger partial charge on any atom is -0.342 e. The largest absolute Gasteiger partial charge is 0.342 e. The Hall–Kier alpha value is -3.42. The molecule has 8 heteroatoms. The van der Waals surface area contributed by atoms with E-state index in [9.17, 15) is 19.2 Å². The van der Waals surface area contributed by atoms with Crippen molar-refractivity contribution in [3.05, 3.63) is 48.0 Å². The molecule has 3 heterocycles. The Bertz CT molecular complexity index is 1180. The van der Waals surface area contributed by atoms with Crippen molar-refractivity contribution in [2.24, 2.45) is 5.92 Å². The van der Waals surface area contributed by atoms with Gasteiger partial charge in [0.05, 0.1) is 0 Å². The first-order chi connectivity index (χ1) is 17.4. The molecule has 3 fully saturated rings. The van der Waals surface area contributed by atoms with Gasteiger partial charge in [-0.05, 0) is 55.0 Å². The summed E-state index contributed by atoms with van der Waals surface area (Å²) in [6.07, 6.45) is 5.73. The van der Waals surface area contributed by atoms with Crippen molar-refractivity contribution in [3.63, 3.8) is 0 Å². The van der Waals surface area contributed by atoms with Crippen molar-refractivity contribution in [2.45, 2.75) is 51.0 Å². The van der Waals surface area contributed by atoms with Gasteiger partial charge in [0.15, 0.2) is 0 Å². The van der Waals surface area contributed by atoms with E-state index in [-0.39, 0.29) is 24.3 Å². The van der Waals surface area contributed by atoms with E-state index >= 15 is 0 Å². The molecule has 3 aliphatic rings. The Balaban J connectivity index is 1.20. The SMILES string of the molecule is CC1(c2ccc3ccccc3c2)NC(=O)N(CC(=O)N2CCC(C(=O)N3CCCCCC3)CC2)C1=O. The van der Waals surface area contributed by atoms with Crippen LogP contribution in [0.1, 0.15) is 51.0 Å². The summed E-state index contributed by atoms with van der Waals surface area (Å²) < 4.78 is 0. The minimum absolute atomic E-state index is 0.0555. The number of nitrogens with one attached hydrogen (secondary N) is 1. The van der Waals surface area contributed by atoms with Crippen LogP contribution in [-0.4, -0.2) is 71.2 Å². The molecule has 0 spiro atoms. The van der Waals surface area contributed by atoms with E-state index in [1.165, 1.54) is 12.8 Å². The number of carbonyl (C=O) groups excluding carboxylic acids is 4. The number of nitrogens with zero attached hydrogens (tertiary/aromatic N) is 3. The van der Waals surface area contributed by atoms with E-state index in [0.717, 1.165) is 41.6 Å². The van der Waals surface area contributed by atoms with Crippen LogP contribution in [0.25, 0.3) is 10.8 Å². The molecule has 0 aliphatic carbocycles. The van der Waals surface area contributed by atoms with Gasteiger partial charge in [-0.1, -0.05) is 49.2 Å². The van der Waals surface area contributed by atoms with Crippen LogP contribution in [0.2, 0.25) is 0 Å². The first-order valence-electron chi connectivity index (χ1n) is 13.1. The van der Waals surface area contributed by atoms with Crippen molar-refractivity contribution < 1.29 is 19.2 Å². The molecule has 0 bridgehead atoms. The Labute approximate surface area is 211 Å². The van der Waals surface area contributed by atoms with Crippen molar-refractivity contribution in [1.82, 2.24) is 20.0 Å². The van der Waals surface area contributed by atoms with Crippen molar-refractivity contribution in [3.8, 4) is 0 Å². The number of amides is 5. The summed E-state index contributed by atoms with van der Waals surface area (Å²) in [6.45, 7) is 3.99. The molecule has 1 N–H and O–H groups in total. The Morgan fingerprint density at radius 2 is 1.56 bits per heavy atom. The van der Waals surface area contributed by atoms with E-state index in [4.69, 9.17) is 0 Å². The average Bonchev–Trinajstić information content (AvgIpc) is 3.09. The number of urea groups is 1. The highest BCUT2D eigenvalue weighted by Gasteiger charge is 2.50. The number of hydrogen-bond acceptors (Lipinski definition) is 4. The average molecular weight is 491 g/mol. The fourth-order valence-corrected chi connectivity index (χ4v) is 5.70. The van der Waals surface area contributed by atoms with Crippen LogP contribution in [0.5, 0.6) is 0 Å². The molecule has 2 aromatic rings. The van der Waals surface area contributed by atoms with Crippen LogP contribution in [0, 0.1) is 5.92 Å². The van der Waals surface area contributed by atoms with E-state index in [1.807, 2.05) is 47.4 Å². The number of rotatable bonds is 4. The highest BCUT2D eigenvalue weighted by atomic mass is 16.2. The summed E-state index contributed by atoms with van der Waals surface area (Å²) in [5.74, 6) is -0.534. The van der Waals surface area contributed by atoms with Crippen LogP contribution in [-0.2, 0) is 19.9 Å². The number of hydrogen-bond donors (Lipinski definition) is 1. The Morgan fingerprint density at radius 1 is 0.889 bits per heavy atom. The van der Waals surface area contributed by atoms with Crippen LogP contribution < -0.4 is 5.32 Å². The lowest BCUT2D eigenvalue weighted by Gasteiger charge is -2.34. The highest BCUT2D eigenvalue weighted by molar-refractivity contribution is 6.09. The van der Waals surface area contributed by atoms with Gasteiger partial charge in [0.25, 0.3) is 5.91 Å². The van der Waals surface area contributed by atoms with E-state index in [2.05, 4.69) is 5.32 Å². The fraction of sp³-hybridized carbons (Fsp3) is 0.500. The van der Waals surface area contributed by atoms with Crippen molar-refractivity contribution in [1.29, 1.82) is 0 Å². The lowest BCUT2D eigenvalue weighted by molar-refractivity contribution is -0.142. The third kappa shape index (κ3) is 4.56. The topological polar surface area (TPSA) is 90.0 Å². The number of benzene rings is 2. The molecule has 3 saturated heterocycles. The standard InChI is InChI=1S/C28H34N4O4/c1-28(23-11-10-20-8-4-5-9-22(20)18-23)26(35)32(27(36)29-28)19-24(33)30-16-12-21(13-17-30)25(34)31-14-6-2-3-7-15-31/h4-5,8-11,18,21H,2-3,6-7,12-17,19H2,1H3,(H,29,36). The van der Waals surface area contributed by atoms with Gasteiger partial charge in [0.1, 0.15) is 12.1 Å². The molecular weight excluding hydrogens is 456 g/mol. The Morgan fingerprint density at radius 3 is 2.25 bits per heavy atom. The smallest absolute Gasteiger partial charge is 0.325 e. The quantitative estimate of drug-likeness (QED) is 0.667. The third-order valence-electron chi connectivity index (χ3n) is 8.01. The van der Waals surface area contributed by atoms with Crippen LogP contribution >= 0.6 is 0 Å². The normalized spacial score (nSPS) is 23.6.